The monoisotopic (exact) mass is 177 g/mol. The lowest BCUT2D eigenvalue weighted by Gasteiger charge is -2.09. The first-order valence-corrected chi connectivity index (χ1v) is 4.07. The van der Waals surface area contributed by atoms with Crippen molar-refractivity contribution in [1.82, 2.24) is 10.3 Å². The highest BCUT2D eigenvalue weighted by molar-refractivity contribution is 5.72. The third-order valence-electron chi connectivity index (χ3n) is 2.03. The quantitative estimate of drug-likeness (QED) is 0.672. The minimum absolute atomic E-state index is 0.158. The molecule has 2 rings (SSSR count). The van der Waals surface area contributed by atoms with Crippen molar-refractivity contribution in [1.29, 1.82) is 0 Å². The van der Waals surface area contributed by atoms with Gasteiger partial charge in [-0.1, -0.05) is 6.07 Å². The molecule has 0 saturated carbocycles. The summed E-state index contributed by atoms with van der Waals surface area (Å²) in [7, 11) is 1.81. The van der Waals surface area contributed by atoms with Crippen molar-refractivity contribution >= 4 is 11.1 Å². The summed E-state index contributed by atoms with van der Waals surface area (Å²) in [5, 5.41) is 2.95. The fraction of sp³-hybridized carbons (Fsp3) is 0.222. The second-order valence-corrected chi connectivity index (χ2v) is 2.85. The van der Waals surface area contributed by atoms with E-state index in [4.69, 9.17) is 10.2 Å². The Balaban J connectivity index is 2.48. The van der Waals surface area contributed by atoms with Gasteiger partial charge in [0.1, 0.15) is 5.52 Å². The standard InChI is InChI=1S/C9H11N3O/c1-11-9(10)6-2-3-7-8(4-6)13-5-12-7/h2-5,9,11H,10H2,1H3. The van der Waals surface area contributed by atoms with Gasteiger partial charge in [0, 0.05) is 0 Å². The third-order valence-corrected chi connectivity index (χ3v) is 2.03. The van der Waals surface area contributed by atoms with Crippen LogP contribution in [0.5, 0.6) is 0 Å². The lowest BCUT2D eigenvalue weighted by molar-refractivity contribution is 0.595. The molecule has 1 heterocycles. The molecule has 4 nitrogen and oxygen atoms in total. The van der Waals surface area contributed by atoms with E-state index in [9.17, 15) is 0 Å². The first kappa shape index (κ1) is 8.22. The number of nitrogens with one attached hydrogen (secondary N) is 1. The molecule has 0 aliphatic rings. The van der Waals surface area contributed by atoms with Gasteiger partial charge in [0.15, 0.2) is 12.0 Å². The minimum Gasteiger partial charge on any atom is -0.443 e. The van der Waals surface area contributed by atoms with E-state index in [2.05, 4.69) is 10.3 Å². The Labute approximate surface area is 75.7 Å². The molecule has 68 valence electrons. The predicted octanol–water partition coefficient (Wildman–Crippen LogP) is 1.00. The molecule has 3 N–H and O–H groups in total. The lowest BCUT2D eigenvalue weighted by atomic mass is 10.1. The summed E-state index contributed by atoms with van der Waals surface area (Å²) < 4.78 is 5.16. The molecule has 0 aliphatic heterocycles. The summed E-state index contributed by atoms with van der Waals surface area (Å²) in [5.41, 5.74) is 8.39. The molecule has 1 aromatic carbocycles. The number of benzene rings is 1. The molecule has 1 atom stereocenters. The van der Waals surface area contributed by atoms with Crippen LogP contribution in [0.15, 0.2) is 29.0 Å². The van der Waals surface area contributed by atoms with Gasteiger partial charge in [-0.25, -0.2) is 4.98 Å². The normalized spacial score (nSPS) is 13.4. The number of nitrogens with zero attached hydrogens (tertiary/aromatic N) is 1. The molecule has 4 heteroatoms. The Kier molecular flexibility index (Phi) is 2.00. The van der Waals surface area contributed by atoms with Crippen LogP contribution in [0.2, 0.25) is 0 Å². The SMILES string of the molecule is CNC(N)c1ccc2ncoc2c1. The number of hydrogen-bond donors (Lipinski definition) is 2. The third kappa shape index (κ3) is 1.41. The molecule has 0 amide bonds. The van der Waals surface area contributed by atoms with Gasteiger partial charge in [-0.15, -0.1) is 0 Å². The molecule has 0 radical (unpaired) electrons. The van der Waals surface area contributed by atoms with Crippen molar-refractivity contribution in [2.75, 3.05) is 7.05 Å². The van der Waals surface area contributed by atoms with E-state index in [1.165, 1.54) is 6.39 Å². The summed E-state index contributed by atoms with van der Waals surface area (Å²) in [6, 6.07) is 5.72. The van der Waals surface area contributed by atoms with Crippen molar-refractivity contribution in [3.8, 4) is 0 Å². The lowest BCUT2D eigenvalue weighted by Crippen LogP contribution is -2.24. The van der Waals surface area contributed by atoms with Crippen LogP contribution < -0.4 is 11.1 Å². The zero-order chi connectivity index (χ0) is 9.26. The average Bonchev–Trinajstić information content (AvgIpc) is 2.63. The second kappa shape index (κ2) is 3.16. The number of oxazole rings is 1. The molecule has 0 spiro atoms. The van der Waals surface area contributed by atoms with E-state index < -0.39 is 0 Å². The van der Waals surface area contributed by atoms with Crippen molar-refractivity contribution in [3.05, 3.63) is 30.2 Å². The Morgan fingerprint density at radius 2 is 2.38 bits per heavy atom. The minimum atomic E-state index is -0.158. The van der Waals surface area contributed by atoms with Crippen LogP contribution >= 0.6 is 0 Å². The van der Waals surface area contributed by atoms with Crippen LogP contribution in [-0.2, 0) is 0 Å². The maximum atomic E-state index is 5.78. The van der Waals surface area contributed by atoms with E-state index in [-0.39, 0.29) is 6.17 Å². The van der Waals surface area contributed by atoms with Gasteiger partial charge in [0.2, 0.25) is 0 Å². The summed E-state index contributed by atoms with van der Waals surface area (Å²) in [6.45, 7) is 0. The number of fused-ring (bicyclic) bond motifs is 1. The van der Waals surface area contributed by atoms with Crippen molar-refractivity contribution < 1.29 is 4.42 Å². The number of aromatic nitrogens is 1. The highest BCUT2D eigenvalue weighted by Gasteiger charge is 2.05. The molecule has 0 aliphatic carbocycles. The van der Waals surface area contributed by atoms with Gasteiger partial charge >= 0.3 is 0 Å². The summed E-state index contributed by atoms with van der Waals surface area (Å²) in [5.74, 6) is 0. The van der Waals surface area contributed by atoms with Gasteiger partial charge in [0.05, 0.1) is 6.17 Å². The molecule has 13 heavy (non-hydrogen) atoms. The summed E-state index contributed by atoms with van der Waals surface area (Å²) in [6.07, 6.45) is 1.27. The van der Waals surface area contributed by atoms with E-state index in [0.717, 1.165) is 16.7 Å². The Morgan fingerprint density at radius 3 is 3.15 bits per heavy atom. The number of rotatable bonds is 2. The van der Waals surface area contributed by atoms with E-state index in [1.54, 1.807) is 0 Å². The van der Waals surface area contributed by atoms with E-state index in [1.807, 2.05) is 25.2 Å². The summed E-state index contributed by atoms with van der Waals surface area (Å²) in [4.78, 5) is 4.02. The Morgan fingerprint density at radius 1 is 1.54 bits per heavy atom. The molecule has 0 saturated heterocycles. The van der Waals surface area contributed by atoms with Crippen molar-refractivity contribution in [2.24, 2.45) is 5.73 Å². The van der Waals surface area contributed by atoms with Crippen LogP contribution in [0.1, 0.15) is 11.7 Å². The largest absolute Gasteiger partial charge is 0.443 e. The fourth-order valence-corrected chi connectivity index (χ4v) is 1.23. The van der Waals surface area contributed by atoms with Crippen LogP contribution in [0.25, 0.3) is 11.1 Å². The molecule has 0 fully saturated rings. The second-order valence-electron chi connectivity index (χ2n) is 2.85. The predicted molar refractivity (Wildman–Crippen MR) is 50.0 cm³/mol. The van der Waals surface area contributed by atoms with Crippen molar-refractivity contribution in [3.63, 3.8) is 0 Å². The fourth-order valence-electron chi connectivity index (χ4n) is 1.23. The summed E-state index contributed by atoms with van der Waals surface area (Å²) >= 11 is 0. The highest BCUT2D eigenvalue weighted by Crippen LogP contribution is 2.16. The first-order chi connectivity index (χ1) is 6.31. The van der Waals surface area contributed by atoms with Crippen LogP contribution in [0.4, 0.5) is 0 Å². The van der Waals surface area contributed by atoms with Gasteiger partial charge < -0.3 is 15.5 Å². The van der Waals surface area contributed by atoms with E-state index in [0.29, 0.717) is 0 Å². The highest BCUT2D eigenvalue weighted by atomic mass is 16.3. The Hall–Kier alpha value is -1.39. The molecular formula is C9H11N3O. The zero-order valence-corrected chi connectivity index (χ0v) is 7.32. The van der Waals surface area contributed by atoms with Gasteiger partial charge in [-0.05, 0) is 24.7 Å². The van der Waals surface area contributed by atoms with Gasteiger partial charge in [-0.3, -0.25) is 0 Å². The van der Waals surface area contributed by atoms with Gasteiger partial charge in [-0.2, -0.15) is 0 Å². The maximum absolute atomic E-state index is 5.78. The van der Waals surface area contributed by atoms with Crippen LogP contribution in [0, 0.1) is 0 Å². The molecule has 0 bridgehead atoms. The van der Waals surface area contributed by atoms with Gasteiger partial charge in [0.25, 0.3) is 0 Å². The number of nitrogens with two attached hydrogens (primary N) is 1. The molecule has 1 unspecified atom stereocenters. The smallest absolute Gasteiger partial charge is 0.181 e. The zero-order valence-electron chi connectivity index (χ0n) is 7.32. The topological polar surface area (TPSA) is 64.1 Å². The first-order valence-electron chi connectivity index (χ1n) is 4.07. The Bertz CT molecular complexity index is 410. The molecule has 1 aromatic heterocycles. The van der Waals surface area contributed by atoms with Crippen LogP contribution in [-0.4, -0.2) is 12.0 Å². The van der Waals surface area contributed by atoms with E-state index >= 15 is 0 Å². The number of hydrogen-bond acceptors (Lipinski definition) is 4. The maximum Gasteiger partial charge on any atom is 0.181 e. The molecule has 2 aromatic rings. The molecular weight excluding hydrogens is 166 g/mol. The van der Waals surface area contributed by atoms with Crippen molar-refractivity contribution in [2.45, 2.75) is 6.17 Å². The van der Waals surface area contributed by atoms with Crippen LogP contribution in [0.3, 0.4) is 0 Å². The average molecular weight is 177 g/mol.